The first-order chi connectivity index (χ1) is 16.4. The summed E-state index contributed by atoms with van der Waals surface area (Å²) in [5.74, 6) is -0.0584. The third kappa shape index (κ3) is 4.66. The summed E-state index contributed by atoms with van der Waals surface area (Å²) in [6, 6.07) is 22.0. The number of rotatable bonds is 5. The van der Waals surface area contributed by atoms with Crippen LogP contribution in [-0.4, -0.2) is 19.7 Å². The van der Waals surface area contributed by atoms with Crippen LogP contribution in [0.25, 0.3) is 17.0 Å². The van der Waals surface area contributed by atoms with E-state index in [0.29, 0.717) is 32.4 Å². The molecular formula is C27H20Cl2N2OS2. The molecule has 0 bridgehead atoms. The Morgan fingerprint density at radius 1 is 0.941 bits per heavy atom. The number of benzene rings is 3. The Kier molecular flexibility index (Phi) is 6.54. The molecule has 170 valence electrons. The third-order valence-electron chi connectivity index (χ3n) is 5.78. The molecule has 3 aromatic carbocycles. The second-order valence-corrected chi connectivity index (χ2v) is 10.7. The number of fused-ring (bicyclic) bond motifs is 1. The lowest BCUT2D eigenvalue weighted by molar-refractivity contribution is -0.122. The number of amides is 1. The van der Waals surface area contributed by atoms with Crippen molar-refractivity contribution in [1.82, 2.24) is 9.47 Å². The van der Waals surface area contributed by atoms with Crippen molar-refractivity contribution in [1.29, 1.82) is 0 Å². The van der Waals surface area contributed by atoms with Gasteiger partial charge in [-0.25, -0.2) is 0 Å². The zero-order valence-corrected chi connectivity index (χ0v) is 21.4. The van der Waals surface area contributed by atoms with Gasteiger partial charge in [0, 0.05) is 29.2 Å². The smallest absolute Gasteiger partial charge is 0.266 e. The molecule has 0 spiro atoms. The van der Waals surface area contributed by atoms with E-state index in [2.05, 4.69) is 22.9 Å². The van der Waals surface area contributed by atoms with Gasteiger partial charge in [0.2, 0.25) is 0 Å². The molecule has 0 radical (unpaired) electrons. The van der Waals surface area contributed by atoms with Crippen LogP contribution in [0.4, 0.5) is 0 Å². The number of aryl methyl sites for hydroxylation is 1. The van der Waals surface area contributed by atoms with E-state index < -0.39 is 0 Å². The van der Waals surface area contributed by atoms with Gasteiger partial charge in [-0.3, -0.25) is 9.69 Å². The first-order valence-corrected chi connectivity index (χ1v) is 12.7. The van der Waals surface area contributed by atoms with Crippen molar-refractivity contribution in [3.63, 3.8) is 0 Å². The SMILES string of the molecule is Cc1ccc(CN2C(=O)/C(=C/c3cn(Cc4ccc(Cl)c(Cl)c4)c4ccccc34)SC2=S)cc1. The van der Waals surface area contributed by atoms with E-state index in [0.717, 1.165) is 27.6 Å². The molecule has 4 aromatic rings. The summed E-state index contributed by atoms with van der Waals surface area (Å²) < 4.78 is 2.74. The molecule has 0 unspecified atom stereocenters. The summed E-state index contributed by atoms with van der Waals surface area (Å²) >= 11 is 19.2. The molecule has 1 aliphatic heterocycles. The van der Waals surface area contributed by atoms with Crippen LogP contribution in [0.1, 0.15) is 22.3 Å². The molecule has 0 N–H and O–H groups in total. The van der Waals surface area contributed by atoms with Crippen molar-refractivity contribution in [3.05, 3.63) is 110 Å². The van der Waals surface area contributed by atoms with E-state index in [9.17, 15) is 4.79 Å². The van der Waals surface area contributed by atoms with Crippen molar-refractivity contribution in [3.8, 4) is 0 Å². The first kappa shape index (κ1) is 23.2. The van der Waals surface area contributed by atoms with Gasteiger partial charge in [-0.2, -0.15) is 0 Å². The second-order valence-electron chi connectivity index (χ2n) is 8.23. The second kappa shape index (κ2) is 9.59. The molecule has 0 saturated carbocycles. The predicted molar refractivity (Wildman–Crippen MR) is 147 cm³/mol. The number of carbonyl (C=O) groups is 1. The lowest BCUT2D eigenvalue weighted by Crippen LogP contribution is -2.27. The highest BCUT2D eigenvalue weighted by Crippen LogP contribution is 2.35. The Balaban J connectivity index is 1.45. The number of thiocarbonyl (C=S) groups is 1. The van der Waals surface area contributed by atoms with Gasteiger partial charge in [0.25, 0.3) is 5.91 Å². The number of hydrogen-bond donors (Lipinski definition) is 0. The van der Waals surface area contributed by atoms with Crippen LogP contribution in [0, 0.1) is 6.92 Å². The van der Waals surface area contributed by atoms with Crippen molar-refractivity contribution in [2.45, 2.75) is 20.0 Å². The molecule has 1 fully saturated rings. The van der Waals surface area contributed by atoms with Gasteiger partial charge in [-0.15, -0.1) is 0 Å². The normalized spacial score (nSPS) is 15.1. The summed E-state index contributed by atoms with van der Waals surface area (Å²) in [5, 5.41) is 2.15. The van der Waals surface area contributed by atoms with E-state index in [1.54, 1.807) is 4.90 Å². The molecule has 1 amide bonds. The molecule has 0 aliphatic carbocycles. The number of para-hydroxylation sites is 1. The fourth-order valence-corrected chi connectivity index (χ4v) is 5.58. The first-order valence-electron chi connectivity index (χ1n) is 10.7. The maximum absolute atomic E-state index is 13.2. The fraction of sp³-hybridized carbons (Fsp3) is 0.111. The summed E-state index contributed by atoms with van der Waals surface area (Å²) in [4.78, 5) is 15.5. The Morgan fingerprint density at radius 3 is 2.44 bits per heavy atom. The van der Waals surface area contributed by atoms with Crippen LogP contribution in [0.15, 0.2) is 77.8 Å². The zero-order chi connectivity index (χ0) is 23.8. The van der Waals surface area contributed by atoms with Crippen molar-refractivity contribution >= 4 is 74.4 Å². The lowest BCUT2D eigenvalue weighted by atomic mass is 10.1. The summed E-state index contributed by atoms with van der Waals surface area (Å²) in [5.41, 5.74) is 5.35. The maximum Gasteiger partial charge on any atom is 0.266 e. The number of hydrogen-bond acceptors (Lipinski definition) is 3. The average Bonchev–Trinajstić information content (AvgIpc) is 3.30. The number of nitrogens with zero attached hydrogens (tertiary/aromatic N) is 2. The number of aromatic nitrogens is 1. The quantitative estimate of drug-likeness (QED) is 0.198. The minimum atomic E-state index is -0.0584. The van der Waals surface area contributed by atoms with Gasteiger partial charge in [0.15, 0.2) is 0 Å². The molecule has 2 heterocycles. The van der Waals surface area contributed by atoms with Gasteiger partial charge in [0.05, 0.1) is 21.5 Å². The predicted octanol–water partition coefficient (Wildman–Crippen LogP) is 7.71. The summed E-state index contributed by atoms with van der Waals surface area (Å²) in [7, 11) is 0. The molecule has 3 nitrogen and oxygen atoms in total. The van der Waals surface area contributed by atoms with E-state index in [1.165, 1.54) is 17.3 Å². The molecule has 0 atom stereocenters. The highest BCUT2D eigenvalue weighted by atomic mass is 35.5. The summed E-state index contributed by atoms with van der Waals surface area (Å²) in [6.45, 7) is 3.16. The highest BCUT2D eigenvalue weighted by molar-refractivity contribution is 8.26. The zero-order valence-electron chi connectivity index (χ0n) is 18.3. The molecular weight excluding hydrogens is 503 g/mol. The molecule has 1 saturated heterocycles. The molecule has 34 heavy (non-hydrogen) atoms. The average molecular weight is 524 g/mol. The van der Waals surface area contributed by atoms with E-state index in [4.69, 9.17) is 35.4 Å². The number of carbonyl (C=O) groups excluding carboxylic acids is 1. The maximum atomic E-state index is 13.2. The lowest BCUT2D eigenvalue weighted by Gasteiger charge is -2.14. The topological polar surface area (TPSA) is 25.2 Å². The molecule has 7 heteroatoms. The Hall–Kier alpha value is -2.57. The van der Waals surface area contributed by atoms with Gasteiger partial charge < -0.3 is 4.57 Å². The minimum absolute atomic E-state index is 0.0584. The Bertz CT molecular complexity index is 1460. The molecule has 1 aliphatic rings. The molecule has 1 aromatic heterocycles. The number of thioether (sulfide) groups is 1. The molecule has 5 rings (SSSR count). The van der Waals surface area contributed by atoms with E-state index in [1.807, 2.05) is 67.6 Å². The van der Waals surface area contributed by atoms with Crippen LogP contribution < -0.4 is 0 Å². The van der Waals surface area contributed by atoms with Crippen LogP contribution in [0.3, 0.4) is 0 Å². The van der Waals surface area contributed by atoms with Crippen molar-refractivity contribution in [2.75, 3.05) is 0 Å². The largest absolute Gasteiger partial charge is 0.342 e. The van der Waals surface area contributed by atoms with E-state index >= 15 is 0 Å². The van der Waals surface area contributed by atoms with Crippen molar-refractivity contribution in [2.24, 2.45) is 0 Å². The van der Waals surface area contributed by atoms with Crippen LogP contribution in [0.2, 0.25) is 10.0 Å². The van der Waals surface area contributed by atoms with E-state index in [-0.39, 0.29) is 5.91 Å². The third-order valence-corrected chi connectivity index (χ3v) is 7.89. The Labute approximate surface area is 218 Å². The van der Waals surface area contributed by atoms with Gasteiger partial charge in [-0.05, 0) is 42.3 Å². The number of halogens is 2. The van der Waals surface area contributed by atoms with Gasteiger partial charge >= 0.3 is 0 Å². The highest BCUT2D eigenvalue weighted by Gasteiger charge is 2.32. The van der Waals surface area contributed by atoms with Crippen molar-refractivity contribution < 1.29 is 4.79 Å². The van der Waals surface area contributed by atoms with Crippen LogP contribution >= 0.6 is 47.2 Å². The monoisotopic (exact) mass is 522 g/mol. The minimum Gasteiger partial charge on any atom is -0.342 e. The fourth-order valence-electron chi connectivity index (χ4n) is 4.01. The Morgan fingerprint density at radius 2 is 1.68 bits per heavy atom. The standard InChI is InChI=1S/C27H20Cl2N2OS2/c1-17-6-8-18(9-7-17)15-31-26(32)25(34-27(31)33)13-20-16-30(24-5-3-2-4-21(20)24)14-19-10-11-22(28)23(29)12-19/h2-13,16H,14-15H2,1H3/b25-13-. The van der Waals surface area contributed by atoms with Crippen LogP contribution in [0.5, 0.6) is 0 Å². The van der Waals surface area contributed by atoms with Crippen LogP contribution in [-0.2, 0) is 17.9 Å². The van der Waals surface area contributed by atoms with Gasteiger partial charge in [-0.1, -0.05) is 101 Å². The van der Waals surface area contributed by atoms with Gasteiger partial charge in [0.1, 0.15) is 4.32 Å². The summed E-state index contributed by atoms with van der Waals surface area (Å²) in [6.07, 6.45) is 4.02.